The Bertz CT molecular complexity index is 247. The summed E-state index contributed by atoms with van der Waals surface area (Å²) in [6.07, 6.45) is 1.69. The Kier molecular flexibility index (Phi) is 5.20. The zero-order valence-corrected chi connectivity index (χ0v) is 10.6. The minimum Gasteiger partial charge on any atom is -0.383 e. The Morgan fingerprint density at radius 3 is 2.94 bits per heavy atom. The standard InChI is InChI=1S/C12H23N3O/c1-12(2)5-7-14-10-11(4-6-13)15(12)8-9-16-3/h11,14H,4-5,7-10H2,1-3H3. The van der Waals surface area contributed by atoms with Gasteiger partial charge < -0.3 is 10.1 Å². The zero-order chi connectivity index (χ0) is 12.0. The highest BCUT2D eigenvalue weighted by Crippen LogP contribution is 2.24. The predicted octanol–water partition coefficient (Wildman–Crippen LogP) is 0.989. The van der Waals surface area contributed by atoms with Gasteiger partial charge in [-0.3, -0.25) is 4.90 Å². The molecule has 0 aromatic carbocycles. The highest BCUT2D eigenvalue weighted by molar-refractivity contribution is 4.94. The lowest BCUT2D eigenvalue weighted by Crippen LogP contribution is -2.51. The maximum absolute atomic E-state index is 8.89. The molecule has 0 aromatic heterocycles. The Labute approximate surface area is 98.6 Å². The molecule has 0 spiro atoms. The second-order valence-corrected chi connectivity index (χ2v) is 4.97. The van der Waals surface area contributed by atoms with Crippen LogP contribution < -0.4 is 5.32 Å². The van der Waals surface area contributed by atoms with E-state index in [9.17, 15) is 0 Å². The average molecular weight is 225 g/mol. The number of nitrogens with one attached hydrogen (secondary N) is 1. The summed E-state index contributed by atoms with van der Waals surface area (Å²) in [6.45, 7) is 8.06. The van der Waals surface area contributed by atoms with Gasteiger partial charge >= 0.3 is 0 Å². The SMILES string of the molecule is COCCN1C(CC#N)CNCCC1(C)C. The van der Waals surface area contributed by atoms with E-state index < -0.39 is 0 Å². The Balaban J connectivity index is 2.73. The summed E-state index contributed by atoms with van der Waals surface area (Å²) in [5.41, 5.74) is 0.142. The van der Waals surface area contributed by atoms with Crippen molar-refractivity contribution in [1.29, 1.82) is 5.26 Å². The molecule has 0 radical (unpaired) electrons. The summed E-state index contributed by atoms with van der Waals surface area (Å²) in [7, 11) is 1.72. The first-order valence-electron chi connectivity index (χ1n) is 5.95. The van der Waals surface area contributed by atoms with Crippen molar-refractivity contribution >= 4 is 0 Å². The topological polar surface area (TPSA) is 48.3 Å². The number of rotatable bonds is 4. The maximum Gasteiger partial charge on any atom is 0.0638 e. The van der Waals surface area contributed by atoms with Crippen LogP contribution in [0.1, 0.15) is 26.7 Å². The van der Waals surface area contributed by atoms with E-state index in [0.717, 1.165) is 32.7 Å². The van der Waals surface area contributed by atoms with Crippen molar-refractivity contribution in [1.82, 2.24) is 10.2 Å². The smallest absolute Gasteiger partial charge is 0.0638 e. The molecule has 1 rings (SSSR count). The van der Waals surface area contributed by atoms with Crippen LogP contribution in [0.2, 0.25) is 0 Å². The number of hydrogen-bond acceptors (Lipinski definition) is 4. The molecule has 0 bridgehead atoms. The van der Waals surface area contributed by atoms with E-state index in [1.807, 2.05) is 0 Å². The van der Waals surface area contributed by atoms with Crippen molar-refractivity contribution in [2.45, 2.75) is 38.3 Å². The number of ether oxygens (including phenoxy) is 1. The van der Waals surface area contributed by atoms with Gasteiger partial charge in [-0.25, -0.2) is 0 Å². The van der Waals surface area contributed by atoms with Gasteiger partial charge in [0.05, 0.1) is 19.1 Å². The van der Waals surface area contributed by atoms with Gasteiger partial charge in [0.2, 0.25) is 0 Å². The van der Waals surface area contributed by atoms with Gasteiger partial charge in [-0.1, -0.05) is 0 Å². The second kappa shape index (κ2) is 6.19. The lowest BCUT2D eigenvalue weighted by atomic mass is 9.96. The Morgan fingerprint density at radius 2 is 2.31 bits per heavy atom. The molecule has 0 saturated carbocycles. The quantitative estimate of drug-likeness (QED) is 0.775. The number of nitriles is 1. The maximum atomic E-state index is 8.89. The summed E-state index contributed by atoms with van der Waals surface area (Å²) in [4.78, 5) is 2.42. The molecule has 92 valence electrons. The molecule has 1 aliphatic rings. The molecule has 0 aliphatic carbocycles. The van der Waals surface area contributed by atoms with Gasteiger partial charge in [0.25, 0.3) is 0 Å². The lowest BCUT2D eigenvalue weighted by molar-refractivity contribution is 0.0475. The van der Waals surface area contributed by atoms with Crippen LogP contribution in [-0.4, -0.2) is 49.8 Å². The molecule has 1 atom stereocenters. The van der Waals surface area contributed by atoms with Crippen molar-refractivity contribution in [2.75, 3.05) is 33.4 Å². The van der Waals surface area contributed by atoms with Gasteiger partial charge in [0, 0.05) is 31.8 Å². The van der Waals surface area contributed by atoms with E-state index in [-0.39, 0.29) is 5.54 Å². The summed E-state index contributed by atoms with van der Waals surface area (Å²) in [5, 5.41) is 12.3. The fourth-order valence-corrected chi connectivity index (χ4v) is 2.37. The third-order valence-corrected chi connectivity index (χ3v) is 3.38. The first-order chi connectivity index (χ1) is 7.61. The molecule has 1 fully saturated rings. The van der Waals surface area contributed by atoms with E-state index >= 15 is 0 Å². The molecule has 4 heteroatoms. The van der Waals surface area contributed by atoms with Crippen LogP contribution in [0.3, 0.4) is 0 Å². The summed E-state index contributed by atoms with van der Waals surface area (Å²) >= 11 is 0. The van der Waals surface area contributed by atoms with Gasteiger partial charge in [-0.2, -0.15) is 5.26 Å². The monoisotopic (exact) mass is 225 g/mol. The fraction of sp³-hybridized carbons (Fsp3) is 0.917. The molecular weight excluding hydrogens is 202 g/mol. The third kappa shape index (κ3) is 3.44. The lowest BCUT2D eigenvalue weighted by Gasteiger charge is -2.41. The van der Waals surface area contributed by atoms with Crippen LogP contribution in [0.15, 0.2) is 0 Å². The van der Waals surface area contributed by atoms with Crippen LogP contribution in [0.4, 0.5) is 0 Å². The molecule has 16 heavy (non-hydrogen) atoms. The molecule has 0 amide bonds. The fourth-order valence-electron chi connectivity index (χ4n) is 2.37. The van der Waals surface area contributed by atoms with E-state index in [1.165, 1.54) is 0 Å². The highest BCUT2D eigenvalue weighted by atomic mass is 16.5. The van der Waals surface area contributed by atoms with Crippen molar-refractivity contribution in [3.05, 3.63) is 0 Å². The van der Waals surface area contributed by atoms with Crippen LogP contribution in [0.5, 0.6) is 0 Å². The van der Waals surface area contributed by atoms with Crippen molar-refractivity contribution in [3.8, 4) is 6.07 Å². The summed E-state index contributed by atoms with van der Waals surface area (Å²) in [6, 6.07) is 2.59. The minimum atomic E-state index is 0.142. The Hall–Kier alpha value is -0.630. The molecule has 4 nitrogen and oxygen atoms in total. The third-order valence-electron chi connectivity index (χ3n) is 3.38. The molecule has 1 heterocycles. The molecular formula is C12H23N3O. The van der Waals surface area contributed by atoms with Gasteiger partial charge in [0.15, 0.2) is 0 Å². The molecule has 1 N–H and O–H groups in total. The van der Waals surface area contributed by atoms with Gasteiger partial charge in [0.1, 0.15) is 0 Å². The molecule has 1 unspecified atom stereocenters. The van der Waals surface area contributed by atoms with Crippen molar-refractivity contribution in [3.63, 3.8) is 0 Å². The zero-order valence-electron chi connectivity index (χ0n) is 10.6. The van der Waals surface area contributed by atoms with Crippen LogP contribution in [0, 0.1) is 11.3 Å². The minimum absolute atomic E-state index is 0.142. The molecule has 1 aliphatic heterocycles. The normalized spacial score (nSPS) is 26.0. The van der Waals surface area contributed by atoms with E-state index in [4.69, 9.17) is 10.00 Å². The molecule has 0 aromatic rings. The second-order valence-electron chi connectivity index (χ2n) is 4.97. The number of hydrogen-bond donors (Lipinski definition) is 1. The number of methoxy groups -OCH3 is 1. The highest BCUT2D eigenvalue weighted by Gasteiger charge is 2.33. The van der Waals surface area contributed by atoms with Gasteiger partial charge in [-0.15, -0.1) is 0 Å². The van der Waals surface area contributed by atoms with Crippen LogP contribution in [0.25, 0.3) is 0 Å². The van der Waals surface area contributed by atoms with E-state index in [2.05, 4.69) is 30.1 Å². The van der Waals surface area contributed by atoms with Crippen molar-refractivity contribution in [2.24, 2.45) is 0 Å². The first-order valence-corrected chi connectivity index (χ1v) is 5.95. The first kappa shape index (κ1) is 13.4. The van der Waals surface area contributed by atoms with Crippen LogP contribution >= 0.6 is 0 Å². The van der Waals surface area contributed by atoms with Crippen LogP contribution in [-0.2, 0) is 4.74 Å². The average Bonchev–Trinajstić information content (AvgIpc) is 2.36. The largest absolute Gasteiger partial charge is 0.383 e. The predicted molar refractivity (Wildman–Crippen MR) is 64.2 cm³/mol. The van der Waals surface area contributed by atoms with E-state index in [0.29, 0.717) is 12.5 Å². The molecule has 1 saturated heterocycles. The summed E-state index contributed by atoms with van der Waals surface area (Å²) < 4.78 is 5.16. The summed E-state index contributed by atoms with van der Waals surface area (Å²) in [5.74, 6) is 0. The van der Waals surface area contributed by atoms with Crippen molar-refractivity contribution < 1.29 is 4.74 Å². The van der Waals surface area contributed by atoms with Gasteiger partial charge in [-0.05, 0) is 26.8 Å². The number of nitrogens with zero attached hydrogens (tertiary/aromatic N) is 2. The Morgan fingerprint density at radius 1 is 1.56 bits per heavy atom. The van der Waals surface area contributed by atoms with E-state index in [1.54, 1.807) is 7.11 Å².